The van der Waals surface area contributed by atoms with Crippen LogP contribution in [0.1, 0.15) is 22.8 Å². The van der Waals surface area contributed by atoms with Crippen LogP contribution < -0.4 is 0 Å². The molecule has 0 saturated carbocycles. The first kappa shape index (κ1) is 17.2. The van der Waals surface area contributed by atoms with Gasteiger partial charge in [0.1, 0.15) is 17.5 Å². The van der Waals surface area contributed by atoms with Crippen LogP contribution in [0.4, 0.5) is 0 Å². The van der Waals surface area contributed by atoms with Gasteiger partial charge in [0, 0.05) is 5.56 Å². The number of rotatable bonds is 3. The Labute approximate surface area is 149 Å². The van der Waals surface area contributed by atoms with Gasteiger partial charge in [-0.25, -0.2) is 17.4 Å². The first-order chi connectivity index (χ1) is 11.8. The molecular weight excluding hydrogens is 364 g/mol. The second-order valence-electron chi connectivity index (χ2n) is 5.48. The largest absolute Gasteiger partial charge is 0.360 e. The number of nitrogens with zero attached hydrogens (tertiary/aromatic N) is 4. The maximum absolute atomic E-state index is 13.2. The Kier molecular flexibility index (Phi) is 4.14. The van der Waals surface area contributed by atoms with Crippen LogP contribution in [0.25, 0.3) is 11.3 Å². The summed E-state index contributed by atoms with van der Waals surface area (Å²) in [6.45, 7) is 4.91. The molecule has 2 heterocycles. The van der Waals surface area contributed by atoms with Gasteiger partial charge in [0.15, 0.2) is 15.8 Å². The van der Waals surface area contributed by atoms with E-state index in [1.807, 2.05) is 19.1 Å². The van der Waals surface area contributed by atoms with E-state index >= 15 is 0 Å². The zero-order valence-corrected chi connectivity index (χ0v) is 15.2. The lowest BCUT2D eigenvalue weighted by Gasteiger charge is -2.11. The van der Waals surface area contributed by atoms with Gasteiger partial charge >= 0.3 is 0 Å². The Balaban J connectivity index is 2.37. The summed E-state index contributed by atoms with van der Waals surface area (Å²) in [6, 6.07) is 8.86. The van der Waals surface area contributed by atoms with E-state index in [4.69, 9.17) is 16.1 Å². The fourth-order valence-corrected chi connectivity index (χ4v) is 4.63. The van der Waals surface area contributed by atoms with E-state index in [1.165, 1.54) is 13.8 Å². The van der Waals surface area contributed by atoms with Gasteiger partial charge in [-0.3, -0.25) is 0 Å². The summed E-state index contributed by atoms with van der Waals surface area (Å²) in [7, 11) is -4.18. The zero-order valence-electron chi connectivity index (χ0n) is 13.6. The smallest absolute Gasteiger partial charge is 0.275 e. The molecule has 0 aliphatic carbocycles. The second-order valence-corrected chi connectivity index (χ2v) is 7.56. The molecule has 0 aliphatic heterocycles. The van der Waals surface area contributed by atoms with Gasteiger partial charge in [-0.2, -0.15) is 5.26 Å². The predicted molar refractivity (Wildman–Crippen MR) is 90.7 cm³/mol. The van der Waals surface area contributed by atoms with Crippen LogP contribution in [0.2, 0.25) is 5.15 Å². The third-order valence-electron chi connectivity index (χ3n) is 3.69. The Morgan fingerprint density at radius 3 is 2.36 bits per heavy atom. The van der Waals surface area contributed by atoms with Crippen LogP contribution in [0.5, 0.6) is 0 Å². The lowest BCUT2D eigenvalue weighted by Crippen LogP contribution is -2.17. The van der Waals surface area contributed by atoms with Crippen LogP contribution in [0.15, 0.2) is 33.7 Å². The van der Waals surface area contributed by atoms with Crippen LogP contribution in [0.3, 0.4) is 0 Å². The maximum Gasteiger partial charge on any atom is 0.275 e. The van der Waals surface area contributed by atoms with Crippen molar-refractivity contribution >= 4 is 21.6 Å². The number of aryl methyl sites for hydroxylation is 3. The molecule has 25 heavy (non-hydrogen) atoms. The number of benzene rings is 1. The van der Waals surface area contributed by atoms with E-state index in [9.17, 15) is 13.7 Å². The quantitative estimate of drug-likeness (QED) is 0.695. The molecular formula is C16H13ClN4O3S. The first-order valence-electron chi connectivity index (χ1n) is 7.21. The van der Waals surface area contributed by atoms with Crippen molar-refractivity contribution in [3.8, 4) is 17.3 Å². The minimum Gasteiger partial charge on any atom is -0.360 e. The predicted octanol–water partition coefficient (Wildman–Crippen LogP) is 3.23. The van der Waals surface area contributed by atoms with Crippen molar-refractivity contribution in [3.63, 3.8) is 0 Å². The number of imidazole rings is 1. The summed E-state index contributed by atoms with van der Waals surface area (Å²) in [5, 5.41) is 13.0. The number of aromatic nitrogens is 3. The zero-order chi connectivity index (χ0) is 18.4. The molecule has 9 heteroatoms. The summed E-state index contributed by atoms with van der Waals surface area (Å²) >= 11 is 6.16. The van der Waals surface area contributed by atoms with Gasteiger partial charge < -0.3 is 4.52 Å². The standard InChI is InChI=1S/C16H13ClN4O3S/c1-9-4-6-12(7-5-9)14-16(17)19-13(8-18)21(14)25(22,23)15-10(2)20-24-11(15)3/h4-7H,1-3H3. The van der Waals surface area contributed by atoms with Crippen LogP contribution >= 0.6 is 11.6 Å². The number of nitriles is 1. The second kappa shape index (κ2) is 6.02. The SMILES string of the molecule is Cc1ccc(-c2c(Cl)nc(C#N)n2S(=O)(=O)c2c(C)noc2C)cc1. The molecule has 0 atom stereocenters. The molecule has 0 fully saturated rings. The van der Waals surface area contributed by atoms with E-state index in [0.717, 1.165) is 9.54 Å². The molecule has 128 valence electrons. The molecule has 3 rings (SSSR count). The fraction of sp³-hybridized carbons (Fsp3) is 0.188. The molecule has 7 nitrogen and oxygen atoms in total. The Morgan fingerprint density at radius 2 is 1.84 bits per heavy atom. The van der Waals surface area contributed by atoms with Crippen LogP contribution in [0, 0.1) is 32.1 Å². The van der Waals surface area contributed by atoms with Crippen molar-refractivity contribution in [1.29, 1.82) is 5.26 Å². The Morgan fingerprint density at radius 1 is 1.20 bits per heavy atom. The summed E-state index contributed by atoms with van der Waals surface area (Å²) in [5.41, 5.74) is 1.85. The highest BCUT2D eigenvalue weighted by Gasteiger charge is 2.33. The maximum atomic E-state index is 13.2. The summed E-state index contributed by atoms with van der Waals surface area (Å²) in [4.78, 5) is 3.80. The first-order valence-corrected chi connectivity index (χ1v) is 9.03. The van der Waals surface area contributed by atoms with E-state index in [-0.39, 0.29) is 33.0 Å². The molecule has 3 aromatic rings. The summed E-state index contributed by atoms with van der Waals surface area (Å²) < 4.78 is 32.2. The van der Waals surface area contributed by atoms with Crippen molar-refractivity contribution in [1.82, 2.24) is 14.1 Å². The van der Waals surface area contributed by atoms with Crippen LogP contribution in [-0.4, -0.2) is 22.5 Å². The van der Waals surface area contributed by atoms with Gasteiger partial charge in [0.2, 0.25) is 5.82 Å². The normalized spacial score (nSPS) is 11.5. The number of halogens is 1. The summed E-state index contributed by atoms with van der Waals surface area (Å²) in [6.07, 6.45) is 0. The van der Waals surface area contributed by atoms with Gasteiger partial charge in [-0.15, -0.1) is 0 Å². The third kappa shape index (κ3) is 2.71. The molecule has 0 unspecified atom stereocenters. The number of hydrogen-bond acceptors (Lipinski definition) is 6. The molecule has 1 aromatic carbocycles. The molecule has 0 saturated heterocycles. The Hall–Kier alpha value is -2.63. The fourth-order valence-electron chi connectivity index (χ4n) is 2.57. The van der Waals surface area contributed by atoms with Crippen molar-refractivity contribution in [3.05, 3.63) is 52.3 Å². The summed E-state index contributed by atoms with van der Waals surface area (Å²) in [5.74, 6) is -0.207. The highest BCUT2D eigenvalue weighted by Crippen LogP contribution is 2.34. The lowest BCUT2D eigenvalue weighted by atomic mass is 10.1. The highest BCUT2D eigenvalue weighted by molar-refractivity contribution is 7.90. The molecule has 0 spiro atoms. The van der Waals surface area contributed by atoms with E-state index < -0.39 is 10.0 Å². The van der Waals surface area contributed by atoms with Gasteiger partial charge in [0.05, 0.1) is 0 Å². The Bertz CT molecular complexity index is 1090. The lowest BCUT2D eigenvalue weighted by molar-refractivity contribution is 0.390. The molecule has 2 aromatic heterocycles. The van der Waals surface area contributed by atoms with Crippen molar-refractivity contribution in [2.24, 2.45) is 0 Å². The highest BCUT2D eigenvalue weighted by atomic mass is 35.5. The van der Waals surface area contributed by atoms with E-state index in [1.54, 1.807) is 18.2 Å². The van der Waals surface area contributed by atoms with Crippen LogP contribution in [-0.2, 0) is 10.0 Å². The molecule has 0 amide bonds. The van der Waals surface area contributed by atoms with Gasteiger partial charge in [-0.05, 0) is 20.8 Å². The molecule has 0 N–H and O–H groups in total. The minimum atomic E-state index is -4.18. The van der Waals surface area contributed by atoms with Gasteiger partial charge in [0.25, 0.3) is 10.0 Å². The average molecular weight is 377 g/mol. The minimum absolute atomic E-state index is 0.0734. The van der Waals surface area contributed by atoms with Crippen molar-refractivity contribution < 1.29 is 12.9 Å². The van der Waals surface area contributed by atoms with Crippen molar-refractivity contribution in [2.45, 2.75) is 25.7 Å². The van der Waals surface area contributed by atoms with Gasteiger partial charge in [-0.1, -0.05) is 46.6 Å². The van der Waals surface area contributed by atoms with E-state index in [0.29, 0.717) is 5.56 Å². The molecule has 0 bridgehead atoms. The van der Waals surface area contributed by atoms with E-state index in [2.05, 4.69) is 10.1 Å². The molecule has 0 radical (unpaired) electrons. The number of hydrogen-bond donors (Lipinski definition) is 0. The third-order valence-corrected chi connectivity index (χ3v) is 5.88. The van der Waals surface area contributed by atoms with Crippen molar-refractivity contribution in [2.75, 3.05) is 0 Å². The topological polar surface area (TPSA) is 102 Å². The monoisotopic (exact) mass is 376 g/mol. The average Bonchev–Trinajstić information content (AvgIpc) is 3.08. The molecule has 0 aliphatic rings.